The van der Waals surface area contributed by atoms with Crippen LogP contribution in [0.25, 0.3) is 0 Å². The smallest absolute Gasteiger partial charge is 0.225 e. The molecule has 1 saturated heterocycles. The molecule has 0 bridgehead atoms. The van der Waals surface area contributed by atoms with E-state index >= 15 is 0 Å². The molecule has 2 aromatic heterocycles. The lowest BCUT2D eigenvalue weighted by Crippen LogP contribution is -2.49. The first kappa shape index (κ1) is 18.4. The average molecular weight is 383 g/mol. The number of carbonyl (C=O) groups excluding carboxylic acids is 2. The highest BCUT2D eigenvalue weighted by Crippen LogP contribution is 2.19. The summed E-state index contributed by atoms with van der Waals surface area (Å²) in [6.45, 7) is 2.67. The van der Waals surface area contributed by atoms with Crippen molar-refractivity contribution >= 4 is 17.8 Å². The first-order chi connectivity index (χ1) is 13.7. The summed E-state index contributed by atoms with van der Waals surface area (Å²) in [5.41, 5.74) is 2.34. The number of nitrogens with one attached hydrogen (secondary N) is 2. The lowest BCUT2D eigenvalue weighted by atomic mass is 9.93. The van der Waals surface area contributed by atoms with Gasteiger partial charge in [0.2, 0.25) is 17.8 Å². The third-order valence-electron chi connectivity index (χ3n) is 5.42. The third kappa shape index (κ3) is 4.29. The van der Waals surface area contributed by atoms with Crippen LogP contribution in [0.15, 0.2) is 24.7 Å². The van der Waals surface area contributed by atoms with E-state index in [9.17, 15) is 9.59 Å². The SMILES string of the molecule is O=C(CCC(=O)N1CCN(c2ncccn2)CC1)NC1CCc2[nH]ncc2C1. The van der Waals surface area contributed by atoms with Gasteiger partial charge in [0.1, 0.15) is 0 Å². The highest BCUT2D eigenvalue weighted by Gasteiger charge is 2.24. The summed E-state index contributed by atoms with van der Waals surface area (Å²) in [6, 6.07) is 1.91. The van der Waals surface area contributed by atoms with Crippen LogP contribution in [0, 0.1) is 0 Å². The topological polar surface area (TPSA) is 107 Å². The molecule has 1 fully saturated rings. The van der Waals surface area contributed by atoms with Crippen molar-refractivity contribution in [3.05, 3.63) is 35.9 Å². The van der Waals surface area contributed by atoms with Gasteiger partial charge in [-0.25, -0.2) is 9.97 Å². The minimum Gasteiger partial charge on any atom is -0.353 e. The predicted octanol–water partition coefficient (Wildman–Crippen LogP) is 0.302. The quantitative estimate of drug-likeness (QED) is 0.769. The molecule has 3 heterocycles. The average Bonchev–Trinajstić information content (AvgIpc) is 3.21. The highest BCUT2D eigenvalue weighted by molar-refractivity contribution is 5.84. The maximum atomic E-state index is 12.5. The van der Waals surface area contributed by atoms with E-state index in [1.54, 1.807) is 18.5 Å². The Morgan fingerprint density at radius 1 is 1.14 bits per heavy atom. The molecule has 9 heteroatoms. The fourth-order valence-electron chi connectivity index (χ4n) is 3.83. The van der Waals surface area contributed by atoms with Crippen LogP contribution in [0.2, 0.25) is 0 Å². The van der Waals surface area contributed by atoms with Crippen LogP contribution >= 0.6 is 0 Å². The molecule has 2 amide bonds. The zero-order valence-corrected chi connectivity index (χ0v) is 15.8. The molecule has 9 nitrogen and oxygen atoms in total. The monoisotopic (exact) mass is 383 g/mol. The summed E-state index contributed by atoms with van der Waals surface area (Å²) in [6.07, 6.45) is 8.35. The Labute approximate surface area is 163 Å². The van der Waals surface area contributed by atoms with E-state index in [1.807, 2.05) is 11.1 Å². The largest absolute Gasteiger partial charge is 0.353 e. The number of H-pyrrole nitrogens is 1. The molecule has 1 atom stereocenters. The molecule has 28 heavy (non-hydrogen) atoms. The number of aromatic nitrogens is 4. The number of piperazine rings is 1. The van der Waals surface area contributed by atoms with Gasteiger partial charge in [0, 0.05) is 63.2 Å². The Kier molecular flexibility index (Phi) is 5.50. The predicted molar refractivity (Wildman–Crippen MR) is 103 cm³/mol. The summed E-state index contributed by atoms with van der Waals surface area (Å²) in [4.78, 5) is 37.1. The van der Waals surface area contributed by atoms with Gasteiger partial charge in [-0.3, -0.25) is 14.7 Å². The van der Waals surface area contributed by atoms with Crippen LogP contribution < -0.4 is 10.2 Å². The number of aryl methyl sites for hydroxylation is 1. The number of hydrogen-bond acceptors (Lipinski definition) is 6. The number of amides is 2. The number of hydrogen-bond donors (Lipinski definition) is 2. The number of nitrogens with zero attached hydrogens (tertiary/aromatic N) is 5. The van der Waals surface area contributed by atoms with Crippen LogP contribution in [0.3, 0.4) is 0 Å². The molecule has 0 spiro atoms. The number of rotatable bonds is 5. The molecule has 4 rings (SSSR count). The Morgan fingerprint density at radius 3 is 2.71 bits per heavy atom. The van der Waals surface area contributed by atoms with Gasteiger partial charge < -0.3 is 15.1 Å². The van der Waals surface area contributed by atoms with E-state index in [0.717, 1.165) is 19.3 Å². The number of aromatic amines is 1. The second kappa shape index (κ2) is 8.37. The van der Waals surface area contributed by atoms with Gasteiger partial charge >= 0.3 is 0 Å². The fraction of sp³-hybridized carbons (Fsp3) is 0.526. The zero-order chi connectivity index (χ0) is 19.3. The molecule has 1 unspecified atom stereocenters. The van der Waals surface area contributed by atoms with Crippen molar-refractivity contribution in [3.63, 3.8) is 0 Å². The van der Waals surface area contributed by atoms with Crippen molar-refractivity contribution in [1.29, 1.82) is 0 Å². The second-order valence-electron chi connectivity index (χ2n) is 7.30. The van der Waals surface area contributed by atoms with E-state index in [4.69, 9.17) is 0 Å². The third-order valence-corrected chi connectivity index (χ3v) is 5.42. The molecule has 0 aromatic carbocycles. The Hall–Kier alpha value is -2.97. The number of anilines is 1. The first-order valence-electron chi connectivity index (χ1n) is 9.79. The van der Waals surface area contributed by atoms with Crippen LogP contribution in [-0.4, -0.2) is 69.1 Å². The summed E-state index contributed by atoms with van der Waals surface area (Å²) < 4.78 is 0. The lowest BCUT2D eigenvalue weighted by molar-refractivity contribution is -0.134. The lowest BCUT2D eigenvalue weighted by Gasteiger charge is -2.34. The van der Waals surface area contributed by atoms with Gasteiger partial charge in [-0.2, -0.15) is 5.10 Å². The summed E-state index contributed by atoms with van der Waals surface area (Å²) >= 11 is 0. The molecule has 0 saturated carbocycles. The second-order valence-corrected chi connectivity index (χ2v) is 7.30. The van der Waals surface area contributed by atoms with Gasteiger partial charge in [0.25, 0.3) is 0 Å². The summed E-state index contributed by atoms with van der Waals surface area (Å²) in [7, 11) is 0. The van der Waals surface area contributed by atoms with Crippen molar-refractivity contribution in [2.75, 3.05) is 31.1 Å². The van der Waals surface area contributed by atoms with Gasteiger partial charge in [0.15, 0.2) is 0 Å². The highest BCUT2D eigenvalue weighted by atomic mass is 16.2. The van der Waals surface area contributed by atoms with Gasteiger partial charge in [-0.15, -0.1) is 0 Å². The Morgan fingerprint density at radius 2 is 1.93 bits per heavy atom. The van der Waals surface area contributed by atoms with Gasteiger partial charge in [-0.1, -0.05) is 0 Å². The molecule has 148 valence electrons. The van der Waals surface area contributed by atoms with Crippen molar-refractivity contribution in [3.8, 4) is 0 Å². The summed E-state index contributed by atoms with van der Waals surface area (Å²) in [5, 5.41) is 10.1. The fourth-order valence-corrected chi connectivity index (χ4v) is 3.83. The van der Waals surface area contributed by atoms with Crippen LogP contribution in [0.1, 0.15) is 30.5 Å². The molecule has 1 aliphatic heterocycles. The minimum atomic E-state index is -0.0541. The van der Waals surface area contributed by atoms with Gasteiger partial charge in [-0.05, 0) is 30.9 Å². The molecule has 2 N–H and O–H groups in total. The van der Waals surface area contributed by atoms with E-state index < -0.39 is 0 Å². The minimum absolute atomic E-state index is 0.0320. The Balaban J connectivity index is 1.18. The van der Waals surface area contributed by atoms with Crippen molar-refractivity contribution in [1.82, 2.24) is 30.4 Å². The molecule has 1 aliphatic carbocycles. The van der Waals surface area contributed by atoms with E-state index in [0.29, 0.717) is 32.1 Å². The zero-order valence-electron chi connectivity index (χ0n) is 15.8. The number of carbonyl (C=O) groups is 2. The van der Waals surface area contributed by atoms with Crippen LogP contribution in [0.5, 0.6) is 0 Å². The first-order valence-corrected chi connectivity index (χ1v) is 9.79. The molecule has 2 aliphatic rings. The summed E-state index contributed by atoms with van der Waals surface area (Å²) in [5.74, 6) is 0.674. The van der Waals surface area contributed by atoms with Crippen molar-refractivity contribution < 1.29 is 9.59 Å². The van der Waals surface area contributed by atoms with Crippen LogP contribution in [0.4, 0.5) is 5.95 Å². The number of fused-ring (bicyclic) bond motifs is 1. The van der Waals surface area contributed by atoms with Crippen molar-refractivity contribution in [2.24, 2.45) is 0 Å². The van der Waals surface area contributed by atoms with E-state index in [-0.39, 0.29) is 30.7 Å². The molecular weight excluding hydrogens is 358 g/mol. The maximum absolute atomic E-state index is 12.5. The standard InChI is InChI=1S/C19H25N7O2/c27-17(23-15-2-3-16-14(12-15)13-22-24-16)4-5-18(28)25-8-10-26(11-9-25)19-20-6-1-7-21-19/h1,6-7,13,15H,2-5,8-12H2,(H,22,24)(H,23,27). The van der Waals surface area contributed by atoms with Crippen LogP contribution in [-0.2, 0) is 22.4 Å². The molecular formula is C19H25N7O2. The van der Waals surface area contributed by atoms with Crippen molar-refractivity contribution in [2.45, 2.75) is 38.1 Å². The maximum Gasteiger partial charge on any atom is 0.225 e. The Bertz CT molecular complexity index is 815. The van der Waals surface area contributed by atoms with Gasteiger partial charge in [0.05, 0.1) is 6.20 Å². The van der Waals surface area contributed by atoms with E-state index in [2.05, 4.69) is 30.4 Å². The molecule has 0 radical (unpaired) electrons. The van der Waals surface area contributed by atoms with E-state index in [1.165, 1.54) is 11.3 Å². The normalized spacial score (nSPS) is 19.2. The molecule has 2 aromatic rings.